The van der Waals surface area contributed by atoms with Gasteiger partial charge in [0.1, 0.15) is 5.82 Å². The molecule has 2 rings (SSSR count). The SMILES string of the molecule is CC(C)c1cc(F)cc(C(C)C)c1CC(=O)NS(=O)(=O)c1ncc(C(C)CO)s1. The first-order valence-corrected chi connectivity index (χ1v) is 11.7. The number of carbonyl (C=O) groups is 1. The maximum Gasteiger partial charge on any atom is 0.291 e. The molecule has 0 aliphatic carbocycles. The van der Waals surface area contributed by atoms with E-state index in [1.165, 1.54) is 18.3 Å². The van der Waals surface area contributed by atoms with E-state index >= 15 is 0 Å². The first-order valence-electron chi connectivity index (χ1n) is 9.40. The van der Waals surface area contributed by atoms with E-state index in [2.05, 4.69) is 9.71 Å². The Bertz CT molecular complexity index is 955. The molecule has 0 bridgehead atoms. The van der Waals surface area contributed by atoms with Gasteiger partial charge in [0.05, 0.1) is 13.0 Å². The number of thiazole rings is 1. The average Bonchev–Trinajstić information content (AvgIpc) is 3.12. The van der Waals surface area contributed by atoms with E-state index in [1.54, 1.807) is 6.92 Å². The lowest BCUT2D eigenvalue weighted by Gasteiger charge is -2.19. The molecule has 1 heterocycles. The van der Waals surface area contributed by atoms with E-state index in [0.29, 0.717) is 21.6 Å². The maximum atomic E-state index is 14.0. The quantitative estimate of drug-likeness (QED) is 0.650. The Morgan fingerprint density at radius 2 is 1.72 bits per heavy atom. The molecule has 1 amide bonds. The Morgan fingerprint density at radius 1 is 1.17 bits per heavy atom. The summed E-state index contributed by atoms with van der Waals surface area (Å²) >= 11 is 0.915. The topological polar surface area (TPSA) is 96.4 Å². The Hall–Kier alpha value is -1.84. The molecule has 1 unspecified atom stereocenters. The van der Waals surface area contributed by atoms with Crippen LogP contribution in [0.25, 0.3) is 0 Å². The number of hydrogen-bond acceptors (Lipinski definition) is 6. The summed E-state index contributed by atoms with van der Waals surface area (Å²) in [6.45, 7) is 9.21. The van der Waals surface area contributed by atoms with Gasteiger partial charge in [-0.2, -0.15) is 8.42 Å². The first kappa shape index (κ1) is 23.4. The number of carbonyl (C=O) groups excluding carboxylic acids is 1. The van der Waals surface area contributed by atoms with Crippen molar-refractivity contribution in [3.63, 3.8) is 0 Å². The van der Waals surface area contributed by atoms with Gasteiger partial charge in [0.25, 0.3) is 10.0 Å². The molecule has 160 valence electrons. The van der Waals surface area contributed by atoms with Gasteiger partial charge < -0.3 is 5.11 Å². The third kappa shape index (κ3) is 5.61. The van der Waals surface area contributed by atoms with Crippen LogP contribution in [0.15, 0.2) is 22.7 Å². The van der Waals surface area contributed by atoms with Gasteiger partial charge >= 0.3 is 0 Å². The lowest BCUT2D eigenvalue weighted by Crippen LogP contribution is -2.32. The molecule has 2 aromatic rings. The second-order valence-corrected chi connectivity index (χ2v) is 10.6. The van der Waals surface area contributed by atoms with Crippen LogP contribution in [0, 0.1) is 5.82 Å². The van der Waals surface area contributed by atoms with Crippen LogP contribution in [0.4, 0.5) is 4.39 Å². The summed E-state index contributed by atoms with van der Waals surface area (Å²) in [5, 5.41) is 9.20. The number of aromatic nitrogens is 1. The van der Waals surface area contributed by atoms with Crippen LogP contribution in [-0.4, -0.2) is 31.0 Å². The van der Waals surface area contributed by atoms with Gasteiger partial charge in [0.2, 0.25) is 10.2 Å². The van der Waals surface area contributed by atoms with Crippen LogP contribution in [0.1, 0.15) is 73.9 Å². The molecule has 0 fully saturated rings. The molecule has 29 heavy (non-hydrogen) atoms. The van der Waals surface area contributed by atoms with Crippen LogP contribution in [0.5, 0.6) is 0 Å². The molecule has 0 saturated heterocycles. The smallest absolute Gasteiger partial charge is 0.291 e. The average molecular weight is 443 g/mol. The molecule has 0 spiro atoms. The van der Waals surface area contributed by atoms with Crippen molar-refractivity contribution in [3.8, 4) is 0 Å². The van der Waals surface area contributed by atoms with Crippen LogP contribution in [0.3, 0.4) is 0 Å². The molecular formula is C20H27FN2O4S2. The highest BCUT2D eigenvalue weighted by molar-refractivity contribution is 7.92. The fraction of sp³-hybridized carbons (Fsp3) is 0.500. The standard InChI is InChI=1S/C20H27FN2O4S2/c1-11(2)15-6-14(21)7-16(12(3)4)17(15)8-19(25)23-29(26,27)20-22-9-18(28-20)13(5)10-24/h6-7,9,11-13,24H,8,10H2,1-5H3,(H,23,25). The third-order valence-electron chi connectivity index (χ3n) is 4.61. The molecule has 0 saturated carbocycles. The van der Waals surface area contributed by atoms with E-state index in [9.17, 15) is 22.7 Å². The minimum Gasteiger partial charge on any atom is -0.396 e. The van der Waals surface area contributed by atoms with Crippen LogP contribution in [-0.2, 0) is 21.2 Å². The van der Waals surface area contributed by atoms with Crippen LogP contribution >= 0.6 is 11.3 Å². The summed E-state index contributed by atoms with van der Waals surface area (Å²) in [4.78, 5) is 17.1. The van der Waals surface area contributed by atoms with Gasteiger partial charge in [-0.25, -0.2) is 14.1 Å². The van der Waals surface area contributed by atoms with Crippen LogP contribution in [0.2, 0.25) is 0 Å². The second kappa shape index (κ2) is 9.32. The zero-order valence-corrected chi connectivity index (χ0v) is 18.8. The molecule has 0 radical (unpaired) electrons. The largest absolute Gasteiger partial charge is 0.396 e. The number of amides is 1. The summed E-state index contributed by atoms with van der Waals surface area (Å²) in [6.07, 6.45) is 1.21. The van der Waals surface area contributed by atoms with E-state index in [4.69, 9.17) is 0 Å². The van der Waals surface area contributed by atoms with Gasteiger partial charge in [-0.3, -0.25) is 4.79 Å². The number of nitrogens with zero attached hydrogens (tertiary/aromatic N) is 1. The summed E-state index contributed by atoms with van der Waals surface area (Å²) in [6, 6.07) is 2.80. The Labute approximate surface area is 175 Å². The van der Waals surface area contributed by atoms with E-state index in [-0.39, 0.29) is 40.9 Å². The van der Waals surface area contributed by atoms with Gasteiger partial charge in [-0.15, -0.1) is 11.3 Å². The zero-order valence-electron chi connectivity index (χ0n) is 17.2. The number of sulfonamides is 1. The minimum absolute atomic E-state index is 0.0240. The highest BCUT2D eigenvalue weighted by atomic mass is 32.2. The van der Waals surface area contributed by atoms with Gasteiger partial charge in [-0.05, 0) is 40.7 Å². The van der Waals surface area contributed by atoms with E-state index < -0.39 is 15.9 Å². The van der Waals surface area contributed by atoms with Crippen LogP contribution < -0.4 is 4.72 Å². The predicted octanol–water partition coefficient (Wildman–Crippen LogP) is 3.67. The van der Waals surface area contributed by atoms with Crippen molar-refractivity contribution in [3.05, 3.63) is 45.7 Å². The van der Waals surface area contributed by atoms with Gasteiger partial charge in [-0.1, -0.05) is 34.6 Å². The fourth-order valence-corrected chi connectivity index (χ4v) is 5.21. The van der Waals surface area contributed by atoms with Crippen molar-refractivity contribution in [2.24, 2.45) is 0 Å². The monoisotopic (exact) mass is 442 g/mol. The maximum absolute atomic E-state index is 14.0. The van der Waals surface area contributed by atoms with E-state index in [0.717, 1.165) is 11.3 Å². The number of benzene rings is 1. The molecule has 0 aliphatic heterocycles. The Balaban J connectivity index is 2.30. The predicted molar refractivity (Wildman–Crippen MR) is 111 cm³/mol. The van der Waals surface area contributed by atoms with Crippen molar-refractivity contribution >= 4 is 27.3 Å². The summed E-state index contributed by atoms with van der Waals surface area (Å²) in [5.74, 6) is -1.36. The van der Waals surface area contributed by atoms with Crippen molar-refractivity contribution in [1.82, 2.24) is 9.71 Å². The van der Waals surface area contributed by atoms with Crippen molar-refractivity contribution in [2.45, 2.75) is 63.1 Å². The molecule has 2 N–H and O–H groups in total. The Kier molecular flexibility index (Phi) is 7.53. The number of rotatable bonds is 8. The lowest BCUT2D eigenvalue weighted by molar-refractivity contribution is -0.118. The molecule has 1 aromatic heterocycles. The molecule has 0 aliphatic rings. The molecule has 1 aromatic carbocycles. The summed E-state index contributed by atoms with van der Waals surface area (Å²) in [5.41, 5.74) is 2.03. The highest BCUT2D eigenvalue weighted by Crippen LogP contribution is 2.30. The lowest BCUT2D eigenvalue weighted by atomic mass is 9.87. The first-order chi connectivity index (χ1) is 13.5. The molecule has 6 nitrogen and oxygen atoms in total. The zero-order chi connectivity index (χ0) is 21.9. The Morgan fingerprint density at radius 3 is 2.21 bits per heavy atom. The number of nitrogens with one attached hydrogen (secondary N) is 1. The number of aliphatic hydroxyl groups is 1. The summed E-state index contributed by atoms with van der Waals surface area (Å²) in [7, 11) is -4.12. The van der Waals surface area contributed by atoms with E-state index in [1.807, 2.05) is 27.7 Å². The van der Waals surface area contributed by atoms with Crippen molar-refractivity contribution in [1.29, 1.82) is 0 Å². The molecule has 9 heteroatoms. The molecule has 1 atom stereocenters. The summed E-state index contributed by atoms with van der Waals surface area (Å²) < 4.78 is 41.0. The highest BCUT2D eigenvalue weighted by Gasteiger charge is 2.25. The molecular weight excluding hydrogens is 415 g/mol. The van der Waals surface area contributed by atoms with Crippen molar-refractivity contribution < 1.29 is 22.7 Å². The third-order valence-corrected chi connectivity index (χ3v) is 7.60. The number of hydrogen-bond donors (Lipinski definition) is 2. The number of halogens is 1. The normalized spacial score (nSPS) is 13.1. The van der Waals surface area contributed by atoms with Crippen molar-refractivity contribution in [2.75, 3.05) is 6.61 Å². The number of aliphatic hydroxyl groups excluding tert-OH is 1. The fourth-order valence-electron chi connectivity index (χ4n) is 3.02. The van der Waals surface area contributed by atoms with Gasteiger partial charge in [0, 0.05) is 17.0 Å². The second-order valence-electron chi connectivity index (χ2n) is 7.69. The van der Waals surface area contributed by atoms with Gasteiger partial charge in [0.15, 0.2) is 0 Å². The minimum atomic E-state index is -4.12.